The summed E-state index contributed by atoms with van der Waals surface area (Å²) in [6.07, 6.45) is 0.743. The molecule has 0 aromatic heterocycles. The first-order chi connectivity index (χ1) is 10.5. The van der Waals surface area contributed by atoms with Crippen molar-refractivity contribution < 1.29 is 29.0 Å². The first kappa shape index (κ1) is 15.6. The van der Waals surface area contributed by atoms with Gasteiger partial charge in [-0.2, -0.15) is 0 Å². The van der Waals surface area contributed by atoms with Crippen molar-refractivity contribution in [2.24, 2.45) is 0 Å². The Morgan fingerprint density at radius 3 is 2.59 bits per heavy atom. The highest BCUT2D eigenvalue weighted by atomic mass is 16.6. The van der Waals surface area contributed by atoms with Gasteiger partial charge < -0.3 is 14.6 Å². The molecule has 7 nitrogen and oxygen atoms in total. The summed E-state index contributed by atoms with van der Waals surface area (Å²) in [6.45, 7) is 0.0178. The number of ether oxygens (including phenoxy) is 2. The van der Waals surface area contributed by atoms with Gasteiger partial charge in [0.15, 0.2) is 5.76 Å². The van der Waals surface area contributed by atoms with E-state index in [1.807, 2.05) is 0 Å². The van der Waals surface area contributed by atoms with Gasteiger partial charge in [0.05, 0.1) is 7.11 Å². The molecule has 22 heavy (non-hydrogen) atoms. The number of carboxylic acid groups (broad SMARTS) is 1. The van der Waals surface area contributed by atoms with Crippen LogP contribution in [0.4, 0.5) is 4.79 Å². The standard InChI is InChI=1S/C15H15NO6/c1-21-11-6-4-10(5-7-11)9-12-14(19)16(15(20)22-12)8-2-3-13(17)18/h4-7,9H,2-3,8H2,1H3,(H,17,18)/b12-9-. The van der Waals surface area contributed by atoms with E-state index in [1.165, 1.54) is 6.08 Å². The van der Waals surface area contributed by atoms with Gasteiger partial charge in [0.25, 0.3) is 5.91 Å². The lowest BCUT2D eigenvalue weighted by molar-refractivity contribution is -0.137. The van der Waals surface area contributed by atoms with E-state index >= 15 is 0 Å². The van der Waals surface area contributed by atoms with Gasteiger partial charge in [0, 0.05) is 13.0 Å². The molecule has 1 aromatic carbocycles. The SMILES string of the molecule is COc1ccc(/C=C2\OC(=O)N(CCCC(=O)O)C2=O)cc1. The van der Waals surface area contributed by atoms with E-state index in [2.05, 4.69) is 0 Å². The van der Waals surface area contributed by atoms with Gasteiger partial charge in [-0.15, -0.1) is 0 Å². The largest absolute Gasteiger partial charge is 0.497 e. The Hall–Kier alpha value is -2.83. The zero-order chi connectivity index (χ0) is 16.1. The van der Waals surface area contributed by atoms with Gasteiger partial charge in [-0.1, -0.05) is 12.1 Å². The molecule has 1 aromatic rings. The molecule has 1 aliphatic heterocycles. The lowest BCUT2D eigenvalue weighted by Gasteiger charge is -2.08. The number of nitrogens with zero attached hydrogens (tertiary/aromatic N) is 1. The Morgan fingerprint density at radius 1 is 1.32 bits per heavy atom. The highest BCUT2D eigenvalue weighted by Crippen LogP contribution is 2.21. The Morgan fingerprint density at radius 2 is 2.00 bits per heavy atom. The van der Waals surface area contributed by atoms with Gasteiger partial charge >= 0.3 is 12.1 Å². The number of aliphatic carboxylic acids is 1. The van der Waals surface area contributed by atoms with Gasteiger partial charge in [0.2, 0.25) is 0 Å². The third-order valence-electron chi connectivity index (χ3n) is 3.06. The van der Waals surface area contributed by atoms with E-state index in [-0.39, 0.29) is 25.1 Å². The number of methoxy groups -OCH3 is 1. The van der Waals surface area contributed by atoms with Crippen molar-refractivity contribution in [2.75, 3.05) is 13.7 Å². The average molecular weight is 305 g/mol. The molecule has 1 saturated heterocycles. The summed E-state index contributed by atoms with van der Waals surface area (Å²) in [5.74, 6) is -0.946. The van der Waals surface area contributed by atoms with Gasteiger partial charge in [-0.3, -0.25) is 9.59 Å². The molecule has 0 unspecified atom stereocenters. The molecular formula is C15H15NO6. The molecule has 7 heteroatoms. The smallest absolute Gasteiger partial charge is 0.422 e. The second-order valence-corrected chi connectivity index (χ2v) is 4.60. The first-order valence-corrected chi connectivity index (χ1v) is 6.62. The van der Waals surface area contributed by atoms with Gasteiger partial charge in [0.1, 0.15) is 5.75 Å². The average Bonchev–Trinajstić information content (AvgIpc) is 2.75. The van der Waals surface area contributed by atoms with Crippen LogP contribution in [0.25, 0.3) is 6.08 Å². The molecular weight excluding hydrogens is 290 g/mol. The molecule has 116 valence electrons. The summed E-state index contributed by atoms with van der Waals surface area (Å²) in [4.78, 5) is 35.0. The summed E-state index contributed by atoms with van der Waals surface area (Å²) in [6, 6.07) is 6.89. The minimum atomic E-state index is -0.978. The number of hydrogen-bond donors (Lipinski definition) is 1. The summed E-state index contributed by atoms with van der Waals surface area (Å²) < 4.78 is 9.95. The number of carboxylic acids is 1. The molecule has 2 rings (SSSR count). The molecule has 1 heterocycles. The quantitative estimate of drug-likeness (QED) is 0.807. The van der Waals surface area contributed by atoms with E-state index in [0.29, 0.717) is 11.3 Å². The molecule has 1 aliphatic rings. The zero-order valence-corrected chi connectivity index (χ0v) is 11.9. The number of carbonyl (C=O) groups excluding carboxylic acids is 2. The normalized spacial score (nSPS) is 16.0. The number of imide groups is 1. The van der Waals surface area contributed by atoms with Crippen LogP contribution < -0.4 is 4.74 Å². The molecule has 2 amide bonds. The fourth-order valence-electron chi connectivity index (χ4n) is 1.93. The van der Waals surface area contributed by atoms with Crippen LogP contribution in [0.15, 0.2) is 30.0 Å². The lowest BCUT2D eigenvalue weighted by atomic mass is 10.2. The van der Waals surface area contributed by atoms with Crippen LogP contribution in [0.3, 0.4) is 0 Å². The van der Waals surface area contributed by atoms with Crippen molar-refractivity contribution in [1.82, 2.24) is 4.90 Å². The molecule has 1 fully saturated rings. The molecule has 1 N–H and O–H groups in total. The number of hydrogen-bond acceptors (Lipinski definition) is 5. The minimum absolute atomic E-state index is 0.0178. The maximum Gasteiger partial charge on any atom is 0.422 e. The van der Waals surface area contributed by atoms with E-state index in [4.69, 9.17) is 14.6 Å². The summed E-state index contributed by atoms with van der Waals surface area (Å²) in [5.41, 5.74) is 0.685. The summed E-state index contributed by atoms with van der Waals surface area (Å²) in [5, 5.41) is 8.57. The topological polar surface area (TPSA) is 93.1 Å². The number of amides is 2. The number of carbonyl (C=O) groups is 3. The monoisotopic (exact) mass is 305 g/mol. The van der Waals surface area contributed by atoms with E-state index in [9.17, 15) is 14.4 Å². The number of cyclic esters (lactones) is 1. The van der Waals surface area contributed by atoms with Crippen LogP contribution in [-0.2, 0) is 14.3 Å². The van der Waals surface area contributed by atoms with Gasteiger partial charge in [-0.05, 0) is 30.2 Å². The van der Waals surface area contributed by atoms with Crippen molar-refractivity contribution in [3.63, 3.8) is 0 Å². The highest BCUT2D eigenvalue weighted by molar-refractivity contribution is 6.09. The maximum absolute atomic E-state index is 12.1. The Kier molecular flexibility index (Phi) is 4.77. The highest BCUT2D eigenvalue weighted by Gasteiger charge is 2.35. The van der Waals surface area contributed by atoms with Gasteiger partial charge in [-0.25, -0.2) is 9.69 Å². The van der Waals surface area contributed by atoms with Crippen LogP contribution in [-0.4, -0.2) is 41.6 Å². The molecule has 0 atom stereocenters. The van der Waals surface area contributed by atoms with Crippen LogP contribution in [0.1, 0.15) is 18.4 Å². The van der Waals surface area contributed by atoms with Crippen molar-refractivity contribution >= 4 is 24.0 Å². The number of benzene rings is 1. The molecule has 0 radical (unpaired) electrons. The first-order valence-electron chi connectivity index (χ1n) is 6.62. The van der Waals surface area contributed by atoms with E-state index < -0.39 is 18.0 Å². The molecule has 0 saturated carbocycles. The molecule has 0 spiro atoms. The zero-order valence-electron chi connectivity index (χ0n) is 11.9. The predicted molar refractivity (Wildman–Crippen MR) is 76.0 cm³/mol. The van der Waals surface area contributed by atoms with Crippen LogP contribution in [0.5, 0.6) is 5.75 Å². The lowest BCUT2D eigenvalue weighted by Crippen LogP contribution is -2.30. The van der Waals surface area contributed by atoms with Crippen LogP contribution in [0, 0.1) is 0 Å². The fraction of sp³-hybridized carbons (Fsp3) is 0.267. The van der Waals surface area contributed by atoms with Crippen molar-refractivity contribution in [2.45, 2.75) is 12.8 Å². The molecule has 0 aliphatic carbocycles. The summed E-state index contributed by atoms with van der Waals surface area (Å²) >= 11 is 0. The third-order valence-corrected chi connectivity index (χ3v) is 3.06. The Bertz CT molecular complexity index is 619. The van der Waals surface area contributed by atoms with Crippen molar-refractivity contribution in [1.29, 1.82) is 0 Å². The van der Waals surface area contributed by atoms with E-state index in [0.717, 1.165) is 4.90 Å². The Balaban J connectivity index is 2.06. The maximum atomic E-state index is 12.1. The fourth-order valence-corrected chi connectivity index (χ4v) is 1.93. The predicted octanol–water partition coefficient (Wildman–Crippen LogP) is 1.88. The number of rotatable bonds is 6. The van der Waals surface area contributed by atoms with Crippen LogP contribution >= 0.6 is 0 Å². The van der Waals surface area contributed by atoms with Crippen LogP contribution in [0.2, 0.25) is 0 Å². The summed E-state index contributed by atoms with van der Waals surface area (Å²) in [7, 11) is 1.55. The second kappa shape index (κ2) is 6.75. The third kappa shape index (κ3) is 3.63. The Labute approximate surface area is 126 Å². The minimum Gasteiger partial charge on any atom is -0.497 e. The van der Waals surface area contributed by atoms with Crippen molar-refractivity contribution in [3.8, 4) is 5.75 Å². The van der Waals surface area contributed by atoms with E-state index in [1.54, 1.807) is 31.4 Å². The van der Waals surface area contributed by atoms with Crippen molar-refractivity contribution in [3.05, 3.63) is 35.6 Å². The molecule has 0 bridgehead atoms. The second-order valence-electron chi connectivity index (χ2n) is 4.60.